The molecule has 4 rings (SSSR count). The summed E-state index contributed by atoms with van der Waals surface area (Å²) in [6.07, 6.45) is 4.08. The van der Waals surface area contributed by atoms with Gasteiger partial charge in [-0.1, -0.05) is 45.8 Å². The van der Waals surface area contributed by atoms with E-state index < -0.39 is 5.60 Å². The molecule has 2 aliphatic carbocycles. The van der Waals surface area contributed by atoms with Gasteiger partial charge in [0, 0.05) is 29.3 Å². The SMILES string of the molecule is CO[C@@]12C=C(Br)C1C([C@]1(C=O)CO1)CC2c1cccc(C)c1. The van der Waals surface area contributed by atoms with E-state index in [1.54, 1.807) is 7.11 Å². The van der Waals surface area contributed by atoms with E-state index in [9.17, 15) is 4.79 Å². The zero-order valence-corrected chi connectivity index (χ0v) is 14.3. The standard InChI is InChI=1S/C18H19BrO3/c1-11-4-3-5-12(6-11)13-7-14(17(9-20)10-22-17)16-15(19)8-18(13,16)21-2/h3-6,8-9,13-14,16H,7,10H2,1-2H3/t13?,14?,16?,17-,18+/m0/s1. The molecule has 0 bridgehead atoms. The second-order valence-corrected chi connectivity index (χ2v) is 7.65. The van der Waals surface area contributed by atoms with E-state index in [-0.39, 0.29) is 23.4 Å². The number of rotatable bonds is 4. The molecule has 0 amide bonds. The Balaban J connectivity index is 1.78. The lowest BCUT2D eigenvalue weighted by molar-refractivity contribution is -0.115. The first-order valence-corrected chi connectivity index (χ1v) is 8.46. The fourth-order valence-corrected chi connectivity index (χ4v) is 5.49. The third-order valence-electron chi connectivity index (χ3n) is 5.69. The summed E-state index contributed by atoms with van der Waals surface area (Å²) in [6, 6.07) is 8.60. The molecular weight excluding hydrogens is 344 g/mol. The van der Waals surface area contributed by atoms with E-state index in [4.69, 9.17) is 9.47 Å². The highest BCUT2D eigenvalue weighted by Crippen LogP contribution is 2.66. The predicted octanol–water partition coefficient (Wildman–Crippen LogP) is 3.36. The molecule has 5 atom stereocenters. The minimum absolute atomic E-state index is 0.176. The molecule has 22 heavy (non-hydrogen) atoms. The van der Waals surface area contributed by atoms with Crippen LogP contribution in [0.1, 0.15) is 23.5 Å². The number of epoxide rings is 1. The molecule has 1 saturated heterocycles. The molecule has 1 aromatic rings. The average molecular weight is 363 g/mol. The van der Waals surface area contributed by atoms with E-state index in [2.05, 4.69) is 53.2 Å². The number of benzene rings is 1. The topological polar surface area (TPSA) is 38.8 Å². The predicted molar refractivity (Wildman–Crippen MR) is 87.0 cm³/mol. The van der Waals surface area contributed by atoms with Gasteiger partial charge in [0.2, 0.25) is 0 Å². The van der Waals surface area contributed by atoms with Crippen LogP contribution in [0.3, 0.4) is 0 Å². The van der Waals surface area contributed by atoms with Gasteiger partial charge in [-0.3, -0.25) is 0 Å². The van der Waals surface area contributed by atoms with Crippen LogP contribution in [0.25, 0.3) is 0 Å². The molecule has 116 valence electrons. The van der Waals surface area contributed by atoms with Crippen LogP contribution in [-0.4, -0.2) is 31.2 Å². The second-order valence-electron chi connectivity index (χ2n) is 6.73. The van der Waals surface area contributed by atoms with Gasteiger partial charge in [-0.15, -0.1) is 0 Å². The Morgan fingerprint density at radius 3 is 2.77 bits per heavy atom. The highest BCUT2D eigenvalue weighted by Gasteiger charge is 2.69. The van der Waals surface area contributed by atoms with Gasteiger partial charge >= 0.3 is 0 Å². The molecule has 2 fully saturated rings. The Morgan fingerprint density at radius 1 is 1.45 bits per heavy atom. The van der Waals surface area contributed by atoms with Gasteiger partial charge in [0.15, 0.2) is 6.29 Å². The van der Waals surface area contributed by atoms with Gasteiger partial charge in [-0.25, -0.2) is 0 Å². The summed E-state index contributed by atoms with van der Waals surface area (Å²) in [5, 5.41) is 0. The van der Waals surface area contributed by atoms with Crippen molar-refractivity contribution in [2.75, 3.05) is 13.7 Å². The fourth-order valence-electron chi connectivity index (χ4n) is 4.46. The number of carbonyl (C=O) groups is 1. The highest BCUT2D eigenvalue weighted by molar-refractivity contribution is 9.11. The minimum Gasteiger partial charge on any atom is -0.373 e. The number of aldehydes is 1. The second kappa shape index (κ2) is 4.76. The highest BCUT2D eigenvalue weighted by atomic mass is 79.9. The summed E-state index contributed by atoms with van der Waals surface area (Å²) in [6.45, 7) is 2.65. The first-order chi connectivity index (χ1) is 10.6. The molecule has 0 aromatic heterocycles. The van der Waals surface area contributed by atoms with E-state index in [1.807, 2.05) is 0 Å². The smallest absolute Gasteiger partial charge is 0.154 e. The molecule has 0 radical (unpaired) electrons. The van der Waals surface area contributed by atoms with Crippen molar-refractivity contribution in [1.29, 1.82) is 0 Å². The van der Waals surface area contributed by atoms with Crippen LogP contribution < -0.4 is 0 Å². The lowest BCUT2D eigenvalue weighted by Crippen LogP contribution is -2.49. The van der Waals surface area contributed by atoms with Crippen LogP contribution in [0.2, 0.25) is 0 Å². The largest absolute Gasteiger partial charge is 0.373 e. The molecule has 4 heteroatoms. The van der Waals surface area contributed by atoms with Crippen molar-refractivity contribution in [3.8, 4) is 0 Å². The Morgan fingerprint density at radius 2 is 2.23 bits per heavy atom. The fraction of sp³-hybridized carbons (Fsp3) is 0.500. The maximum atomic E-state index is 11.5. The normalized spacial score (nSPS) is 42.3. The number of ether oxygens (including phenoxy) is 2. The summed E-state index contributed by atoms with van der Waals surface area (Å²) in [4.78, 5) is 11.5. The van der Waals surface area contributed by atoms with Crippen LogP contribution in [0.4, 0.5) is 0 Å². The van der Waals surface area contributed by atoms with Crippen LogP contribution in [0.5, 0.6) is 0 Å². The number of halogens is 1. The van der Waals surface area contributed by atoms with E-state index >= 15 is 0 Å². The Bertz CT molecular complexity index is 664. The van der Waals surface area contributed by atoms with Gasteiger partial charge in [-0.2, -0.15) is 0 Å². The third-order valence-corrected chi connectivity index (χ3v) is 6.41. The number of hydrogen-bond acceptors (Lipinski definition) is 3. The molecular formula is C18H19BrO3. The molecule has 1 aliphatic heterocycles. The van der Waals surface area contributed by atoms with Crippen LogP contribution >= 0.6 is 15.9 Å². The van der Waals surface area contributed by atoms with Gasteiger partial charge in [-0.05, 0) is 25.0 Å². The number of hydrogen-bond donors (Lipinski definition) is 0. The van der Waals surface area contributed by atoms with E-state index in [0.29, 0.717) is 6.61 Å². The maximum absolute atomic E-state index is 11.5. The first-order valence-electron chi connectivity index (χ1n) is 7.66. The summed E-state index contributed by atoms with van der Waals surface area (Å²) >= 11 is 3.66. The Hall–Kier alpha value is -0.970. The monoisotopic (exact) mass is 362 g/mol. The van der Waals surface area contributed by atoms with Gasteiger partial charge in [0.25, 0.3) is 0 Å². The zero-order chi connectivity index (χ0) is 15.5. The molecule has 0 N–H and O–H groups in total. The summed E-state index contributed by atoms with van der Waals surface area (Å²) in [7, 11) is 1.77. The van der Waals surface area contributed by atoms with Gasteiger partial charge in [0.1, 0.15) is 11.2 Å². The summed E-state index contributed by atoms with van der Waals surface area (Å²) in [5.41, 5.74) is 1.62. The van der Waals surface area contributed by atoms with Crippen molar-refractivity contribution in [2.45, 2.75) is 30.5 Å². The number of aryl methyl sites for hydroxylation is 1. The summed E-state index contributed by atoms with van der Waals surface area (Å²) < 4.78 is 12.7. The minimum atomic E-state index is -0.597. The molecule has 1 aromatic carbocycles. The van der Waals surface area contributed by atoms with Crippen molar-refractivity contribution in [3.05, 3.63) is 46.0 Å². The quantitative estimate of drug-likeness (QED) is 0.608. The van der Waals surface area contributed by atoms with Crippen molar-refractivity contribution in [2.24, 2.45) is 11.8 Å². The number of methoxy groups -OCH3 is 1. The first kappa shape index (κ1) is 14.6. The molecule has 3 unspecified atom stereocenters. The van der Waals surface area contributed by atoms with E-state index in [0.717, 1.165) is 17.2 Å². The third kappa shape index (κ3) is 1.78. The average Bonchev–Trinajstić information content (AvgIpc) is 3.25. The lowest BCUT2D eigenvalue weighted by Gasteiger charge is -2.45. The van der Waals surface area contributed by atoms with Gasteiger partial charge < -0.3 is 14.3 Å². The molecule has 1 heterocycles. The molecule has 3 nitrogen and oxygen atoms in total. The zero-order valence-electron chi connectivity index (χ0n) is 12.7. The lowest BCUT2D eigenvalue weighted by atomic mass is 9.69. The number of carbonyl (C=O) groups excluding carboxylic acids is 1. The van der Waals surface area contributed by atoms with Crippen molar-refractivity contribution in [1.82, 2.24) is 0 Å². The molecule has 0 spiro atoms. The summed E-state index contributed by atoms with van der Waals surface area (Å²) in [5.74, 6) is 0.639. The maximum Gasteiger partial charge on any atom is 0.154 e. The van der Waals surface area contributed by atoms with Crippen molar-refractivity contribution >= 4 is 22.2 Å². The van der Waals surface area contributed by atoms with Crippen LogP contribution in [0, 0.1) is 18.8 Å². The van der Waals surface area contributed by atoms with Gasteiger partial charge in [0.05, 0.1) is 6.61 Å². The van der Waals surface area contributed by atoms with E-state index in [1.165, 1.54) is 11.1 Å². The van der Waals surface area contributed by atoms with Crippen LogP contribution in [-0.2, 0) is 14.3 Å². The molecule has 3 aliphatic rings. The van der Waals surface area contributed by atoms with Crippen molar-refractivity contribution < 1.29 is 14.3 Å². The van der Waals surface area contributed by atoms with Crippen molar-refractivity contribution in [3.63, 3.8) is 0 Å². The molecule has 1 saturated carbocycles. The Labute approximate surface area is 138 Å². The Kier molecular flexibility index (Phi) is 3.16. The van der Waals surface area contributed by atoms with Crippen LogP contribution in [0.15, 0.2) is 34.8 Å². The number of fused-ring (bicyclic) bond motifs is 1.